The first kappa shape index (κ1) is 31.6. The molecule has 0 saturated heterocycles. The maximum absolute atomic E-state index is 11.6. The molecule has 0 bridgehead atoms. The number of hydrogen-bond donors (Lipinski definition) is 1. The predicted molar refractivity (Wildman–Crippen MR) is 137 cm³/mol. The summed E-state index contributed by atoms with van der Waals surface area (Å²) in [4.78, 5) is 15.2. The lowest BCUT2D eigenvalue weighted by atomic mass is 9.90. The van der Waals surface area contributed by atoms with Gasteiger partial charge >= 0.3 is 5.97 Å². The van der Waals surface area contributed by atoms with E-state index in [4.69, 9.17) is 5.11 Å². The van der Waals surface area contributed by atoms with Crippen molar-refractivity contribution in [1.82, 2.24) is 4.90 Å². The van der Waals surface area contributed by atoms with Crippen LogP contribution in [0, 0.1) is 0 Å². The van der Waals surface area contributed by atoms with Gasteiger partial charge in [-0.05, 0) is 56.1 Å². The average molecular weight is 527 g/mol. The van der Waals surface area contributed by atoms with E-state index in [0.717, 1.165) is 49.8 Å². The smallest absolute Gasteiger partial charge is 0.303 e. The molecule has 0 heterocycles. The topological polar surface area (TPSA) is 112 Å². The number of anilines is 1. The minimum atomic E-state index is -3.19. The van der Waals surface area contributed by atoms with E-state index in [2.05, 4.69) is 18.7 Å². The molecule has 0 aliphatic heterocycles. The summed E-state index contributed by atoms with van der Waals surface area (Å²) >= 11 is 0. The summed E-state index contributed by atoms with van der Waals surface area (Å²) in [6, 6.07) is 7.62. The van der Waals surface area contributed by atoms with Crippen molar-refractivity contribution < 1.29 is 26.7 Å². The third-order valence-corrected chi connectivity index (χ3v) is 7.44. The monoisotopic (exact) mass is 526 g/mol. The molecule has 1 aromatic rings. The Morgan fingerprint density at radius 2 is 1.36 bits per heavy atom. The van der Waals surface area contributed by atoms with Gasteiger partial charge in [0, 0.05) is 37.7 Å². The molecule has 0 spiro atoms. The van der Waals surface area contributed by atoms with Gasteiger partial charge in [0.1, 0.15) is 19.7 Å². The number of benzene rings is 1. The van der Waals surface area contributed by atoms with E-state index < -0.39 is 25.6 Å². The standard InChI is InChI=1S/C22H38N2O6S2.ClH/c1-5-23(6-2)14-13-20(9-12-22(25)26)19-7-10-21(11-8-19)24(15-17-31(3,27)28)16-18-32(4,29)30;/h7-8,10-11,20H,5-6,9,12-18H2,1-4H3,(H,25,26);1H. The molecule has 0 aliphatic rings. The first-order valence-corrected chi connectivity index (χ1v) is 15.1. The fraction of sp³-hybridized carbons (Fsp3) is 0.682. The lowest BCUT2D eigenvalue weighted by Crippen LogP contribution is -2.33. The highest BCUT2D eigenvalue weighted by Crippen LogP contribution is 2.28. The van der Waals surface area contributed by atoms with Crippen molar-refractivity contribution in [2.75, 3.05) is 61.6 Å². The summed E-state index contributed by atoms with van der Waals surface area (Å²) < 4.78 is 46.5. The van der Waals surface area contributed by atoms with E-state index in [1.165, 1.54) is 0 Å². The minimum Gasteiger partial charge on any atom is -0.481 e. The summed E-state index contributed by atoms with van der Waals surface area (Å²) in [5.41, 5.74) is 1.79. The SMILES string of the molecule is CCN(CC)CCC(CCC(=O)O)c1ccc(N(CCS(C)(=O)=O)CCS(C)(=O)=O)cc1.Cl. The third-order valence-electron chi connectivity index (χ3n) is 5.59. The van der Waals surface area contributed by atoms with E-state index in [1.807, 2.05) is 24.3 Å². The molecule has 1 rings (SSSR count). The number of carboxylic acid groups (broad SMARTS) is 1. The molecule has 11 heteroatoms. The van der Waals surface area contributed by atoms with Gasteiger partial charge in [-0.3, -0.25) is 4.79 Å². The second-order valence-electron chi connectivity index (χ2n) is 8.28. The predicted octanol–water partition coefficient (Wildman–Crippen LogP) is 2.68. The summed E-state index contributed by atoms with van der Waals surface area (Å²) in [6.07, 6.45) is 3.81. The van der Waals surface area contributed by atoms with Gasteiger partial charge in [-0.1, -0.05) is 26.0 Å². The number of rotatable bonds is 16. The first-order valence-electron chi connectivity index (χ1n) is 11.0. The van der Waals surface area contributed by atoms with Gasteiger partial charge in [0.15, 0.2) is 0 Å². The Morgan fingerprint density at radius 1 is 0.879 bits per heavy atom. The second-order valence-corrected chi connectivity index (χ2v) is 12.8. The normalized spacial score (nSPS) is 12.9. The van der Waals surface area contributed by atoms with Crippen molar-refractivity contribution in [1.29, 1.82) is 0 Å². The van der Waals surface area contributed by atoms with Crippen LogP contribution < -0.4 is 4.90 Å². The highest BCUT2D eigenvalue weighted by molar-refractivity contribution is 7.90. The van der Waals surface area contributed by atoms with Crippen LogP contribution in [-0.4, -0.2) is 89.6 Å². The number of carboxylic acids is 1. The van der Waals surface area contributed by atoms with E-state index >= 15 is 0 Å². The van der Waals surface area contributed by atoms with Gasteiger partial charge in [-0.2, -0.15) is 0 Å². The number of aliphatic carboxylic acids is 1. The maximum Gasteiger partial charge on any atom is 0.303 e. The van der Waals surface area contributed by atoms with Crippen LogP contribution in [0.4, 0.5) is 5.69 Å². The van der Waals surface area contributed by atoms with Gasteiger partial charge in [-0.25, -0.2) is 16.8 Å². The summed E-state index contributed by atoms with van der Waals surface area (Å²) in [6.45, 7) is 7.38. The van der Waals surface area contributed by atoms with Crippen LogP contribution >= 0.6 is 12.4 Å². The lowest BCUT2D eigenvalue weighted by Gasteiger charge is -2.26. The summed E-state index contributed by atoms with van der Waals surface area (Å²) in [5, 5.41) is 9.13. The first-order chi connectivity index (χ1) is 14.8. The van der Waals surface area contributed by atoms with Crippen LogP contribution in [0.5, 0.6) is 0 Å². The lowest BCUT2D eigenvalue weighted by molar-refractivity contribution is -0.137. The molecule has 192 valence electrons. The Bertz CT molecular complexity index is 881. The summed E-state index contributed by atoms with van der Waals surface area (Å²) in [7, 11) is -6.38. The average Bonchev–Trinajstić information content (AvgIpc) is 2.69. The van der Waals surface area contributed by atoms with Gasteiger partial charge in [-0.15, -0.1) is 12.4 Å². The molecule has 1 unspecified atom stereocenters. The van der Waals surface area contributed by atoms with Crippen LogP contribution in [0.15, 0.2) is 24.3 Å². The van der Waals surface area contributed by atoms with Crippen LogP contribution in [0.3, 0.4) is 0 Å². The van der Waals surface area contributed by atoms with Gasteiger partial charge in [0.05, 0.1) is 11.5 Å². The zero-order chi connectivity index (χ0) is 24.4. The molecular weight excluding hydrogens is 488 g/mol. The van der Waals surface area contributed by atoms with Gasteiger partial charge in [0.2, 0.25) is 0 Å². The number of sulfone groups is 2. The Hall–Kier alpha value is -1.36. The van der Waals surface area contributed by atoms with E-state index in [-0.39, 0.29) is 49.3 Å². The molecular formula is C22H39ClN2O6S2. The van der Waals surface area contributed by atoms with Gasteiger partial charge < -0.3 is 14.9 Å². The molecule has 0 radical (unpaired) electrons. The van der Waals surface area contributed by atoms with Crippen molar-refractivity contribution in [2.45, 2.75) is 39.0 Å². The molecule has 0 aromatic heterocycles. The number of carbonyl (C=O) groups is 1. The van der Waals surface area contributed by atoms with Crippen LogP contribution in [0.2, 0.25) is 0 Å². The Balaban J connectivity index is 0.0000102. The molecule has 8 nitrogen and oxygen atoms in total. The quantitative estimate of drug-likeness (QED) is 0.350. The Morgan fingerprint density at radius 3 is 1.76 bits per heavy atom. The number of halogens is 1. The fourth-order valence-corrected chi connectivity index (χ4v) is 4.64. The third kappa shape index (κ3) is 13.8. The number of hydrogen-bond acceptors (Lipinski definition) is 7. The minimum absolute atomic E-state index is 0. The van der Waals surface area contributed by atoms with E-state index in [9.17, 15) is 21.6 Å². The molecule has 0 saturated carbocycles. The molecule has 1 N–H and O–H groups in total. The second kappa shape index (κ2) is 14.8. The van der Waals surface area contributed by atoms with Crippen LogP contribution in [0.25, 0.3) is 0 Å². The highest BCUT2D eigenvalue weighted by Gasteiger charge is 2.17. The molecule has 1 aromatic carbocycles. The van der Waals surface area contributed by atoms with Gasteiger partial charge in [0.25, 0.3) is 0 Å². The van der Waals surface area contributed by atoms with Crippen molar-refractivity contribution in [2.24, 2.45) is 0 Å². The maximum atomic E-state index is 11.6. The Kier molecular flexibility index (Phi) is 14.2. The summed E-state index contributed by atoms with van der Waals surface area (Å²) in [5.74, 6) is -0.851. The van der Waals surface area contributed by atoms with Crippen LogP contribution in [-0.2, 0) is 24.5 Å². The molecule has 0 aliphatic carbocycles. The van der Waals surface area contributed by atoms with E-state index in [0.29, 0.717) is 6.42 Å². The zero-order valence-electron chi connectivity index (χ0n) is 20.1. The largest absolute Gasteiger partial charge is 0.481 e. The van der Waals surface area contributed by atoms with Crippen molar-refractivity contribution in [3.63, 3.8) is 0 Å². The van der Waals surface area contributed by atoms with Crippen molar-refractivity contribution >= 4 is 43.7 Å². The molecule has 1 atom stereocenters. The van der Waals surface area contributed by atoms with Crippen molar-refractivity contribution in [3.05, 3.63) is 29.8 Å². The molecule has 0 fully saturated rings. The molecule has 0 amide bonds. The Labute approximate surface area is 205 Å². The highest BCUT2D eigenvalue weighted by atomic mass is 35.5. The van der Waals surface area contributed by atoms with Crippen molar-refractivity contribution in [3.8, 4) is 0 Å². The molecule has 33 heavy (non-hydrogen) atoms. The van der Waals surface area contributed by atoms with E-state index in [1.54, 1.807) is 4.90 Å². The zero-order valence-corrected chi connectivity index (χ0v) is 22.5. The number of nitrogens with zero attached hydrogens (tertiary/aromatic N) is 2. The van der Waals surface area contributed by atoms with Crippen LogP contribution in [0.1, 0.15) is 44.6 Å². The fourth-order valence-electron chi connectivity index (χ4n) is 3.53.